The highest BCUT2D eigenvalue weighted by atomic mass is 16.5. The normalized spacial score (nSPS) is 20.4. The molecule has 0 spiro atoms. The van der Waals surface area contributed by atoms with Gasteiger partial charge in [0.25, 0.3) is 0 Å². The third kappa shape index (κ3) is 3.89. The molecular weight excluding hydrogens is 306 g/mol. The fourth-order valence-corrected chi connectivity index (χ4v) is 3.32. The second kappa shape index (κ2) is 8.18. The average molecular weight is 333 g/mol. The molecule has 0 unspecified atom stereocenters. The minimum absolute atomic E-state index is 0.0757. The maximum Gasteiger partial charge on any atom is 0.328 e. The van der Waals surface area contributed by atoms with Crippen molar-refractivity contribution in [2.75, 3.05) is 14.2 Å². The molecule has 0 radical (unpaired) electrons. The van der Waals surface area contributed by atoms with Gasteiger partial charge in [-0.2, -0.15) is 0 Å². The first kappa shape index (κ1) is 18.3. The Morgan fingerprint density at radius 2 is 1.88 bits per heavy atom. The van der Waals surface area contributed by atoms with Crippen molar-refractivity contribution in [2.24, 2.45) is 11.8 Å². The van der Waals surface area contributed by atoms with Crippen LogP contribution in [0, 0.1) is 11.8 Å². The molecule has 1 aromatic rings. The van der Waals surface area contributed by atoms with E-state index < -0.39 is 6.04 Å². The van der Waals surface area contributed by atoms with E-state index in [-0.39, 0.29) is 29.6 Å². The van der Waals surface area contributed by atoms with Crippen LogP contribution < -0.4 is 10.1 Å². The van der Waals surface area contributed by atoms with Gasteiger partial charge in [-0.05, 0) is 29.9 Å². The highest BCUT2D eigenvalue weighted by molar-refractivity contribution is 5.88. The quantitative estimate of drug-likeness (QED) is 0.743. The van der Waals surface area contributed by atoms with Crippen LogP contribution in [0.4, 0.5) is 0 Å². The number of nitrogens with one attached hydrogen (secondary N) is 1. The largest absolute Gasteiger partial charge is 0.496 e. The average Bonchev–Trinajstić information content (AvgIpc) is 3.41. The zero-order chi connectivity index (χ0) is 17.7. The highest BCUT2D eigenvalue weighted by Crippen LogP contribution is 2.50. The number of hydrogen-bond acceptors (Lipinski definition) is 4. The minimum Gasteiger partial charge on any atom is -0.496 e. The van der Waals surface area contributed by atoms with Gasteiger partial charge in [-0.1, -0.05) is 44.9 Å². The summed E-state index contributed by atoms with van der Waals surface area (Å²) in [5.74, 6) is 0.496. The predicted molar refractivity (Wildman–Crippen MR) is 91.9 cm³/mol. The van der Waals surface area contributed by atoms with Crippen LogP contribution in [0.15, 0.2) is 24.3 Å². The first-order valence-electron chi connectivity index (χ1n) is 8.58. The van der Waals surface area contributed by atoms with E-state index in [9.17, 15) is 9.59 Å². The van der Waals surface area contributed by atoms with Crippen LogP contribution in [-0.2, 0) is 14.3 Å². The van der Waals surface area contributed by atoms with Crippen molar-refractivity contribution < 1.29 is 19.1 Å². The Balaban J connectivity index is 2.05. The van der Waals surface area contributed by atoms with Crippen molar-refractivity contribution in [2.45, 2.75) is 45.1 Å². The number of esters is 1. The lowest BCUT2D eigenvalue weighted by Crippen LogP contribution is -2.47. The number of methoxy groups -OCH3 is 2. The van der Waals surface area contributed by atoms with Gasteiger partial charge in [-0.25, -0.2) is 4.79 Å². The summed E-state index contributed by atoms with van der Waals surface area (Å²) >= 11 is 0. The fraction of sp³-hybridized carbons (Fsp3) is 0.579. The first-order valence-corrected chi connectivity index (χ1v) is 8.58. The summed E-state index contributed by atoms with van der Waals surface area (Å²) in [6.07, 6.45) is 2.41. The van der Waals surface area contributed by atoms with Gasteiger partial charge in [0, 0.05) is 5.92 Å². The fourth-order valence-electron chi connectivity index (χ4n) is 3.32. The van der Waals surface area contributed by atoms with Gasteiger partial charge in [-0.3, -0.25) is 4.79 Å². The van der Waals surface area contributed by atoms with E-state index in [2.05, 4.69) is 5.32 Å². The van der Waals surface area contributed by atoms with E-state index in [0.29, 0.717) is 0 Å². The summed E-state index contributed by atoms with van der Waals surface area (Å²) in [5.41, 5.74) is 1.05. The molecule has 1 saturated carbocycles. The molecule has 1 N–H and O–H groups in total. The summed E-state index contributed by atoms with van der Waals surface area (Å²) in [7, 11) is 3.00. The van der Waals surface area contributed by atoms with Gasteiger partial charge in [0.15, 0.2) is 0 Å². The number of ether oxygens (including phenoxy) is 2. The Bertz CT molecular complexity index is 582. The van der Waals surface area contributed by atoms with Crippen molar-refractivity contribution in [3.05, 3.63) is 29.8 Å². The Kier molecular flexibility index (Phi) is 6.23. The molecule has 1 aliphatic rings. The highest BCUT2D eigenvalue weighted by Gasteiger charge is 2.46. The third-order valence-electron chi connectivity index (χ3n) is 4.94. The first-order chi connectivity index (χ1) is 11.6. The smallest absolute Gasteiger partial charge is 0.328 e. The van der Waals surface area contributed by atoms with Gasteiger partial charge in [0.05, 0.1) is 14.2 Å². The van der Waals surface area contributed by atoms with E-state index in [1.54, 1.807) is 7.11 Å². The summed E-state index contributed by atoms with van der Waals surface area (Å²) in [5, 5.41) is 2.91. The zero-order valence-electron chi connectivity index (χ0n) is 14.9. The number of benzene rings is 1. The van der Waals surface area contributed by atoms with Gasteiger partial charge in [-0.15, -0.1) is 0 Å². The SMILES string of the molecule is CCC(CC)[C@H](NC(=O)[C@@H]1C[C@@H]1c1ccccc1OC)C(=O)OC. The van der Waals surface area contributed by atoms with Crippen LogP contribution >= 0.6 is 0 Å². The van der Waals surface area contributed by atoms with Gasteiger partial charge in [0.2, 0.25) is 5.91 Å². The van der Waals surface area contributed by atoms with E-state index >= 15 is 0 Å². The predicted octanol–water partition coefficient (Wildman–Crippen LogP) is 2.89. The molecule has 0 bridgehead atoms. The van der Waals surface area contributed by atoms with E-state index in [0.717, 1.165) is 30.6 Å². The Hall–Kier alpha value is -2.04. The molecule has 0 saturated heterocycles. The summed E-state index contributed by atoms with van der Waals surface area (Å²) < 4.78 is 10.3. The Morgan fingerprint density at radius 1 is 1.21 bits per heavy atom. The summed E-state index contributed by atoms with van der Waals surface area (Å²) in [4.78, 5) is 24.6. The van der Waals surface area contributed by atoms with Crippen LogP contribution in [0.1, 0.15) is 44.6 Å². The van der Waals surface area contributed by atoms with Crippen LogP contribution in [0.5, 0.6) is 5.75 Å². The van der Waals surface area contributed by atoms with Crippen molar-refractivity contribution in [3.63, 3.8) is 0 Å². The number of amides is 1. The van der Waals surface area contributed by atoms with Crippen LogP contribution in [0.2, 0.25) is 0 Å². The van der Waals surface area contributed by atoms with Crippen molar-refractivity contribution in [1.82, 2.24) is 5.32 Å². The molecular formula is C19H27NO4. The number of carbonyl (C=O) groups excluding carboxylic acids is 2. The molecule has 3 atom stereocenters. The summed E-state index contributed by atoms with van der Waals surface area (Å²) in [6.45, 7) is 4.04. The molecule has 0 heterocycles. The lowest BCUT2D eigenvalue weighted by atomic mass is 9.94. The number of para-hydroxylation sites is 1. The summed E-state index contributed by atoms with van der Waals surface area (Å²) in [6, 6.07) is 7.20. The number of carbonyl (C=O) groups is 2. The van der Waals surface area contributed by atoms with Gasteiger partial charge < -0.3 is 14.8 Å². The molecule has 132 valence electrons. The lowest BCUT2D eigenvalue weighted by Gasteiger charge is -2.24. The molecule has 24 heavy (non-hydrogen) atoms. The van der Waals surface area contributed by atoms with Crippen molar-refractivity contribution in [3.8, 4) is 5.75 Å². The van der Waals surface area contributed by atoms with E-state index in [4.69, 9.17) is 9.47 Å². The lowest BCUT2D eigenvalue weighted by molar-refractivity contribution is -0.147. The molecule has 0 aromatic heterocycles. The second-order valence-electron chi connectivity index (χ2n) is 6.28. The zero-order valence-corrected chi connectivity index (χ0v) is 14.9. The van der Waals surface area contributed by atoms with Crippen LogP contribution in [0.3, 0.4) is 0 Å². The topological polar surface area (TPSA) is 64.6 Å². The molecule has 1 fully saturated rings. The van der Waals surface area contributed by atoms with E-state index in [1.807, 2.05) is 38.1 Å². The molecule has 2 rings (SSSR count). The Labute approximate surface area is 143 Å². The molecule has 0 aliphatic heterocycles. The van der Waals surface area contributed by atoms with Gasteiger partial charge >= 0.3 is 5.97 Å². The van der Waals surface area contributed by atoms with Crippen molar-refractivity contribution in [1.29, 1.82) is 0 Å². The second-order valence-corrected chi connectivity index (χ2v) is 6.28. The molecule has 1 aromatic carbocycles. The number of hydrogen-bond donors (Lipinski definition) is 1. The third-order valence-corrected chi connectivity index (χ3v) is 4.94. The Morgan fingerprint density at radius 3 is 2.46 bits per heavy atom. The van der Waals surface area contributed by atoms with E-state index in [1.165, 1.54) is 7.11 Å². The monoisotopic (exact) mass is 333 g/mol. The number of rotatable bonds is 8. The minimum atomic E-state index is -0.573. The van der Waals surface area contributed by atoms with Crippen LogP contribution in [0.25, 0.3) is 0 Å². The standard InChI is InChI=1S/C19H27NO4/c1-5-12(6-2)17(19(22)24-4)20-18(21)15-11-14(15)13-9-7-8-10-16(13)23-3/h7-10,12,14-15,17H,5-6,11H2,1-4H3,(H,20,21)/t14-,15-,17+/m1/s1. The maximum absolute atomic E-state index is 12.6. The van der Waals surface area contributed by atoms with Crippen molar-refractivity contribution >= 4 is 11.9 Å². The molecule has 1 aliphatic carbocycles. The van der Waals surface area contributed by atoms with Gasteiger partial charge in [0.1, 0.15) is 11.8 Å². The van der Waals surface area contributed by atoms with Crippen LogP contribution in [-0.4, -0.2) is 32.1 Å². The maximum atomic E-state index is 12.6. The molecule has 5 heteroatoms. The molecule has 5 nitrogen and oxygen atoms in total. The molecule has 1 amide bonds.